The van der Waals surface area contributed by atoms with Gasteiger partial charge in [0.25, 0.3) is 0 Å². The van der Waals surface area contributed by atoms with Gasteiger partial charge in [-0.2, -0.15) is 5.26 Å². The second-order valence-corrected chi connectivity index (χ2v) is 3.24. The van der Waals surface area contributed by atoms with E-state index in [0.29, 0.717) is 5.92 Å². The Morgan fingerprint density at radius 2 is 2.17 bits per heavy atom. The Balaban J connectivity index is 2.14. The number of likely N-dealkylation sites (tertiary alicyclic amines) is 1. The lowest BCUT2D eigenvalue weighted by atomic mass is 9.99. The zero-order valence-electron chi connectivity index (χ0n) is 7.62. The van der Waals surface area contributed by atoms with Crippen molar-refractivity contribution in [1.82, 2.24) is 4.90 Å². The van der Waals surface area contributed by atoms with Gasteiger partial charge < -0.3 is 9.64 Å². The molecule has 12 heavy (non-hydrogen) atoms. The van der Waals surface area contributed by atoms with Crippen LogP contribution in [0.15, 0.2) is 0 Å². The second kappa shape index (κ2) is 5.13. The molecule has 68 valence electrons. The normalized spacial score (nSPS) is 20.7. The Bertz CT molecular complexity index is 156. The van der Waals surface area contributed by atoms with E-state index in [1.165, 1.54) is 0 Å². The molecule has 0 spiro atoms. The van der Waals surface area contributed by atoms with Crippen molar-refractivity contribution in [2.45, 2.75) is 12.8 Å². The monoisotopic (exact) mass is 168 g/mol. The van der Waals surface area contributed by atoms with Gasteiger partial charge in [0.05, 0.1) is 12.7 Å². The molecular formula is C9H16N2O. The number of nitrogens with zero attached hydrogens (tertiary/aromatic N) is 2. The first-order valence-electron chi connectivity index (χ1n) is 4.47. The lowest BCUT2D eigenvalue weighted by Crippen LogP contribution is -2.35. The van der Waals surface area contributed by atoms with Crippen LogP contribution in [0.1, 0.15) is 12.8 Å². The summed E-state index contributed by atoms with van der Waals surface area (Å²) in [7, 11) is 1.72. The fourth-order valence-electron chi connectivity index (χ4n) is 1.51. The highest BCUT2D eigenvalue weighted by atomic mass is 16.5. The fraction of sp³-hybridized carbons (Fsp3) is 0.889. The minimum absolute atomic E-state index is 0.295. The van der Waals surface area contributed by atoms with Crippen LogP contribution in [0.25, 0.3) is 0 Å². The van der Waals surface area contributed by atoms with Crippen molar-refractivity contribution in [2.75, 3.05) is 33.4 Å². The van der Waals surface area contributed by atoms with Gasteiger partial charge >= 0.3 is 0 Å². The number of methoxy groups -OCH3 is 1. The van der Waals surface area contributed by atoms with Gasteiger partial charge in [-0.3, -0.25) is 0 Å². The topological polar surface area (TPSA) is 36.3 Å². The molecule has 0 unspecified atom stereocenters. The van der Waals surface area contributed by atoms with Crippen LogP contribution in [-0.4, -0.2) is 38.3 Å². The summed E-state index contributed by atoms with van der Waals surface area (Å²) in [5.74, 6) is 0.295. The molecule has 0 bridgehead atoms. The summed E-state index contributed by atoms with van der Waals surface area (Å²) in [6, 6.07) is 2.32. The van der Waals surface area contributed by atoms with Gasteiger partial charge in [-0.1, -0.05) is 0 Å². The molecule has 0 amide bonds. The van der Waals surface area contributed by atoms with Crippen LogP contribution in [0.5, 0.6) is 0 Å². The van der Waals surface area contributed by atoms with Gasteiger partial charge in [0.1, 0.15) is 0 Å². The summed E-state index contributed by atoms with van der Waals surface area (Å²) >= 11 is 0. The van der Waals surface area contributed by atoms with E-state index in [1.54, 1.807) is 7.11 Å². The van der Waals surface area contributed by atoms with Crippen LogP contribution in [0.2, 0.25) is 0 Å². The molecule has 3 nitrogen and oxygen atoms in total. The molecule has 0 atom stereocenters. The quantitative estimate of drug-likeness (QED) is 0.627. The van der Waals surface area contributed by atoms with Crippen molar-refractivity contribution in [3.8, 4) is 6.07 Å². The second-order valence-electron chi connectivity index (χ2n) is 3.24. The standard InChI is InChI=1S/C9H16N2O/c1-12-7-6-11-4-2-9(8-10)3-5-11/h9H,2-7H2,1H3. The molecule has 3 heteroatoms. The van der Waals surface area contributed by atoms with E-state index >= 15 is 0 Å². The van der Waals surface area contributed by atoms with E-state index in [4.69, 9.17) is 10.00 Å². The van der Waals surface area contributed by atoms with Crippen LogP contribution in [0, 0.1) is 17.2 Å². The van der Waals surface area contributed by atoms with Crippen molar-refractivity contribution in [3.63, 3.8) is 0 Å². The van der Waals surface area contributed by atoms with E-state index in [0.717, 1.165) is 39.1 Å². The van der Waals surface area contributed by atoms with Gasteiger partial charge in [0.2, 0.25) is 0 Å². The fourth-order valence-corrected chi connectivity index (χ4v) is 1.51. The van der Waals surface area contributed by atoms with Crippen LogP contribution in [-0.2, 0) is 4.74 Å². The number of ether oxygens (including phenoxy) is 1. The number of rotatable bonds is 3. The highest BCUT2D eigenvalue weighted by molar-refractivity contribution is 4.87. The van der Waals surface area contributed by atoms with Gasteiger partial charge in [-0.25, -0.2) is 0 Å². The Kier molecular flexibility index (Phi) is 4.06. The van der Waals surface area contributed by atoms with Gasteiger partial charge in [0, 0.05) is 19.6 Å². The first-order valence-corrected chi connectivity index (χ1v) is 4.47. The molecular weight excluding hydrogens is 152 g/mol. The third-order valence-corrected chi connectivity index (χ3v) is 2.38. The van der Waals surface area contributed by atoms with Crippen LogP contribution in [0.3, 0.4) is 0 Å². The van der Waals surface area contributed by atoms with Crippen LogP contribution >= 0.6 is 0 Å². The van der Waals surface area contributed by atoms with Crippen molar-refractivity contribution in [2.24, 2.45) is 5.92 Å². The molecule has 1 saturated heterocycles. The zero-order chi connectivity index (χ0) is 8.81. The first-order chi connectivity index (χ1) is 5.86. The van der Waals surface area contributed by atoms with E-state index in [2.05, 4.69) is 11.0 Å². The molecule has 1 aliphatic rings. The third kappa shape index (κ3) is 2.80. The Hall–Kier alpha value is -0.590. The molecule has 1 fully saturated rings. The summed E-state index contributed by atoms with van der Waals surface area (Å²) in [4.78, 5) is 2.36. The van der Waals surface area contributed by atoms with Crippen LogP contribution < -0.4 is 0 Å². The summed E-state index contributed by atoms with van der Waals surface area (Å²) in [6.07, 6.45) is 2.06. The minimum atomic E-state index is 0.295. The van der Waals surface area contributed by atoms with Crippen LogP contribution in [0.4, 0.5) is 0 Å². The molecule has 1 aliphatic heterocycles. The molecule has 1 rings (SSSR count). The Morgan fingerprint density at radius 1 is 1.50 bits per heavy atom. The first kappa shape index (κ1) is 9.50. The minimum Gasteiger partial charge on any atom is -0.383 e. The highest BCUT2D eigenvalue weighted by Crippen LogP contribution is 2.15. The average Bonchev–Trinajstić information content (AvgIpc) is 2.15. The Labute approximate surface area is 73.9 Å². The predicted octanol–water partition coefficient (Wildman–Crippen LogP) is 0.868. The molecule has 1 heterocycles. The number of piperidine rings is 1. The molecule has 0 saturated carbocycles. The lowest BCUT2D eigenvalue weighted by Gasteiger charge is -2.28. The van der Waals surface area contributed by atoms with Crippen molar-refractivity contribution in [1.29, 1.82) is 5.26 Å². The highest BCUT2D eigenvalue weighted by Gasteiger charge is 2.17. The van der Waals surface area contributed by atoms with E-state index < -0.39 is 0 Å². The number of hydrogen-bond acceptors (Lipinski definition) is 3. The number of nitriles is 1. The molecule has 0 radical (unpaired) electrons. The van der Waals surface area contributed by atoms with Crippen molar-refractivity contribution < 1.29 is 4.74 Å². The van der Waals surface area contributed by atoms with Gasteiger partial charge in [0.15, 0.2) is 0 Å². The van der Waals surface area contributed by atoms with E-state index in [-0.39, 0.29) is 0 Å². The van der Waals surface area contributed by atoms with E-state index in [9.17, 15) is 0 Å². The maximum Gasteiger partial charge on any atom is 0.0656 e. The predicted molar refractivity (Wildman–Crippen MR) is 46.7 cm³/mol. The maximum atomic E-state index is 8.66. The molecule has 0 aromatic carbocycles. The number of hydrogen-bond donors (Lipinski definition) is 0. The molecule has 0 aromatic heterocycles. The summed E-state index contributed by atoms with van der Waals surface area (Å²) in [5.41, 5.74) is 0. The SMILES string of the molecule is COCCN1CCC(C#N)CC1. The largest absolute Gasteiger partial charge is 0.383 e. The molecule has 0 aromatic rings. The van der Waals surface area contributed by atoms with Gasteiger partial charge in [-0.15, -0.1) is 0 Å². The maximum absolute atomic E-state index is 8.66. The summed E-state index contributed by atoms with van der Waals surface area (Å²) in [6.45, 7) is 3.93. The van der Waals surface area contributed by atoms with Crippen molar-refractivity contribution >= 4 is 0 Å². The molecule has 0 aliphatic carbocycles. The summed E-state index contributed by atoms with van der Waals surface area (Å²) < 4.78 is 4.99. The van der Waals surface area contributed by atoms with Gasteiger partial charge in [-0.05, 0) is 25.9 Å². The summed E-state index contributed by atoms with van der Waals surface area (Å²) in [5, 5.41) is 8.66. The zero-order valence-corrected chi connectivity index (χ0v) is 7.62. The van der Waals surface area contributed by atoms with E-state index in [1.807, 2.05) is 0 Å². The average molecular weight is 168 g/mol. The third-order valence-electron chi connectivity index (χ3n) is 2.38. The van der Waals surface area contributed by atoms with Crippen molar-refractivity contribution in [3.05, 3.63) is 0 Å². The lowest BCUT2D eigenvalue weighted by molar-refractivity contribution is 0.128. The molecule has 0 N–H and O–H groups in total. The Morgan fingerprint density at radius 3 is 2.67 bits per heavy atom. The smallest absolute Gasteiger partial charge is 0.0656 e.